The van der Waals surface area contributed by atoms with Crippen LogP contribution in [-0.4, -0.2) is 36.3 Å². The highest BCUT2D eigenvalue weighted by molar-refractivity contribution is 5.57. The Kier molecular flexibility index (Phi) is 9.41. The molecule has 5 heteroatoms. The maximum absolute atomic E-state index is 11.8. The Hall–Kier alpha value is -2.83. The second-order valence-corrected chi connectivity index (χ2v) is 7.23. The first-order chi connectivity index (χ1) is 15.3. The van der Waals surface area contributed by atoms with Crippen LogP contribution < -0.4 is 0 Å². The summed E-state index contributed by atoms with van der Waals surface area (Å²) in [5.74, 6) is 0. The van der Waals surface area contributed by atoms with Crippen molar-refractivity contribution < 1.29 is 24.1 Å². The van der Waals surface area contributed by atoms with Crippen LogP contribution in [0.1, 0.15) is 16.7 Å². The summed E-state index contributed by atoms with van der Waals surface area (Å²) in [5, 5.41) is 10.8. The molecule has 0 spiro atoms. The van der Waals surface area contributed by atoms with Crippen LogP contribution in [0.3, 0.4) is 0 Å². The smallest absolute Gasteiger partial charge is 0.151 e. The molecule has 0 fully saturated rings. The zero-order valence-corrected chi connectivity index (χ0v) is 17.4. The van der Waals surface area contributed by atoms with E-state index in [2.05, 4.69) is 0 Å². The highest BCUT2D eigenvalue weighted by Gasteiger charge is 2.30. The monoisotopic (exact) mass is 420 g/mol. The van der Waals surface area contributed by atoms with Crippen molar-refractivity contribution >= 4 is 6.29 Å². The summed E-state index contributed by atoms with van der Waals surface area (Å²) >= 11 is 0. The molecule has 31 heavy (non-hydrogen) atoms. The Labute approximate surface area is 183 Å². The van der Waals surface area contributed by atoms with E-state index in [1.54, 1.807) is 0 Å². The van der Waals surface area contributed by atoms with Gasteiger partial charge in [-0.3, -0.25) is 0 Å². The van der Waals surface area contributed by atoms with E-state index < -0.39 is 18.3 Å². The number of benzene rings is 3. The number of ether oxygens (including phenoxy) is 3. The van der Waals surface area contributed by atoms with Crippen molar-refractivity contribution in [1.29, 1.82) is 0 Å². The summed E-state index contributed by atoms with van der Waals surface area (Å²) in [7, 11) is 0. The second kappa shape index (κ2) is 12.8. The van der Waals surface area contributed by atoms with Crippen molar-refractivity contribution in [3.05, 3.63) is 108 Å². The van der Waals surface area contributed by atoms with Gasteiger partial charge in [-0.1, -0.05) is 91.0 Å². The van der Waals surface area contributed by atoms with Gasteiger partial charge >= 0.3 is 0 Å². The fourth-order valence-electron chi connectivity index (χ4n) is 3.14. The summed E-state index contributed by atoms with van der Waals surface area (Å²) in [6, 6.07) is 28.9. The van der Waals surface area contributed by atoms with Gasteiger partial charge in [0.15, 0.2) is 6.29 Å². The van der Waals surface area contributed by atoms with E-state index in [9.17, 15) is 9.90 Å². The van der Waals surface area contributed by atoms with E-state index in [1.807, 2.05) is 91.0 Å². The number of hydrogen-bond acceptors (Lipinski definition) is 5. The minimum absolute atomic E-state index is 0.0212. The van der Waals surface area contributed by atoms with Gasteiger partial charge in [-0.05, 0) is 16.7 Å². The quantitative estimate of drug-likeness (QED) is 0.425. The Morgan fingerprint density at radius 2 is 1.13 bits per heavy atom. The number of aldehydes is 1. The van der Waals surface area contributed by atoms with Gasteiger partial charge in [0, 0.05) is 0 Å². The Morgan fingerprint density at radius 1 is 0.677 bits per heavy atom. The Bertz CT molecular complexity index is 870. The highest BCUT2D eigenvalue weighted by atomic mass is 16.6. The Balaban J connectivity index is 1.62. The second-order valence-electron chi connectivity index (χ2n) is 7.23. The average molecular weight is 421 g/mol. The van der Waals surface area contributed by atoms with Gasteiger partial charge in [-0.15, -0.1) is 0 Å². The average Bonchev–Trinajstić information content (AvgIpc) is 2.83. The number of hydrogen-bond donors (Lipinski definition) is 1. The van der Waals surface area contributed by atoms with Gasteiger partial charge < -0.3 is 24.1 Å². The van der Waals surface area contributed by atoms with Gasteiger partial charge in [-0.2, -0.15) is 0 Å². The molecule has 0 saturated heterocycles. The molecular formula is C26H28O5. The lowest BCUT2D eigenvalue weighted by molar-refractivity contribution is -0.156. The molecule has 0 aliphatic carbocycles. The first kappa shape index (κ1) is 22.8. The normalized spacial score (nSPS) is 14.0. The molecule has 0 saturated carbocycles. The maximum Gasteiger partial charge on any atom is 0.151 e. The minimum atomic E-state index is -1.03. The van der Waals surface area contributed by atoms with Crippen LogP contribution in [0.4, 0.5) is 0 Å². The molecule has 3 atom stereocenters. The summed E-state index contributed by atoms with van der Waals surface area (Å²) in [4.78, 5) is 11.8. The number of carbonyl (C=O) groups is 1. The number of rotatable bonds is 13. The van der Waals surface area contributed by atoms with Crippen molar-refractivity contribution in [3.63, 3.8) is 0 Å². The van der Waals surface area contributed by atoms with Crippen molar-refractivity contribution in [1.82, 2.24) is 0 Å². The van der Waals surface area contributed by atoms with Crippen molar-refractivity contribution in [2.75, 3.05) is 6.61 Å². The predicted molar refractivity (Wildman–Crippen MR) is 118 cm³/mol. The topological polar surface area (TPSA) is 65.0 Å². The molecule has 5 nitrogen and oxygen atoms in total. The standard InChI is InChI=1S/C26H28O5/c27-16-25(30-18-22-12-6-2-7-13-22)26(31-19-23-14-8-3-9-15-23)24(28)20-29-17-21-10-4-1-5-11-21/h1-16,24-26,28H,17-20H2/t24-,25+,26-/m0/s1. The molecule has 0 radical (unpaired) electrons. The Morgan fingerprint density at radius 3 is 1.61 bits per heavy atom. The summed E-state index contributed by atoms with van der Waals surface area (Å²) in [5.41, 5.74) is 2.88. The van der Waals surface area contributed by atoms with Crippen LogP contribution >= 0.6 is 0 Å². The zero-order valence-electron chi connectivity index (χ0n) is 17.4. The van der Waals surface area contributed by atoms with Gasteiger partial charge in [0.1, 0.15) is 18.3 Å². The van der Waals surface area contributed by atoms with Gasteiger partial charge in [-0.25, -0.2) is 0 Å². The molecule has 0 aliphatic rings. The highest BCUT2D eigenvalue weighted by Crippen LogP contribution is 2.15. The number of carbonyl (C=O) groups excluding carboxylic acids is 1. The molecule has 3 aromatic rings. The van der Waals surface area contributed by atoms with Crippen LogP contribution in [0.15, 0.2) is 91.0 Å². The molecular weight excluding hydrogens is 392 g/mol. The molecule has 0 aromatic heterocycles. The lowest BCUT2D eigenvalue weighted by Crippen LogP contribution is -2.44. The van der Waals surface area contributed by atoms with Crippen LogP contribution in [0.25, 0.3) is 0 Å². The van der Waals surface area contributed by atoms with Gasteiger partial charge in [0.2, 0.25) is 0 Å². The molecule has 0 unspecified atom stereocenters. The maximum atomic E-state index is 11.8. The van der Waals surface area contributed by atoms with E-state index in [0.717, 1.165) is 16.7 Å². The van der Waals surface area contributed by atoms with Crippen LogP contribution in [0.5, 0.6) is 0 Å². The van der Waals surface area contributed by atoms with E-state index in [-0.39, 0.29) is 19.8 Å². The van der Waals surface area contributed by atoms with E-state index >= 15 is 0 Å². The lowest BCUT2D eigenvalue weighted by atomic mass is 10.1. The molecule has 0 heterocycles. The third kappa shape index (κ3) is 7.74. The predicted octanol–water partition coefficient (Wildman–Crippen LogP) is 3.93. The largest absolute Gasteiger partial charge is 0.388 e. The molecule has 0 aliphatic heterocycles. The first-order valence-corrected chi connectivity index (χ1v) is 10.3. The lowest BCUT2D eigenvalue weighted by Gasteiger charge is -2.28. The van der Waals surface area contributed by atoms with E-state index in [0.29, 0.717) is 12.9 Å². The van der Waals surface area contributed by atoms with E-state index in [4.69, 9.17) is 14.2 Å². The van der Waals surface area contributed by atoms with Crippen molar-refractivity contribution in [2.24, 2.45) is 0 Å². The molecule has 1 N–H and O–H groups in total. The molecule has 0 amide bonds. The fourth-order valence-corrected chi connectivity index (χ4v) is 3.14. The molecule has 3 aromatic carbocycles. The van der Waals surface area contributed by atoms with Gasteiger partial charge in [0.05, 0.1) is 26.4 Å². The van der Waals surface area contributed by atoms with Gasteiger partial charge in [0.25, 0.3) is 0 Å². The SMILES string of the molecule is O=C[C@@H](OCc1ccccc1)[C@@H](OCc1ccccc1)[C@@H](O)COCc1ccccc1. The van der Waals surface area contributed by atoms with E-state index in [1.165, 1.54) is 0 Å². The molecule has 0 bridgehead atoms. The molecule has 162 valence electrons. The first-order valence-electron chi connectivity index (χ1n) is 10.3. The van der Waals surface area contributed by atoms with Crippen LogP contribution in [0.2, 0.25) is 0 Å². The summed E-state index contributed by atoms with van der Waals surface area (Å²) in [6.07, 6.45) is -2.14. The zero-order chi connectivity index (χ0) is 21.7. The van der Waals surface area contributed by atoms with Crippen LogP contribution in [-0.2, 0) is 38.8 Å². The van der Waals surface area contributed by atoms with Crippen molar-refractivity contribution in [2.45, 2.75) is 38.1 Å². The minimum Gasteiger partial charge on any atom is -0.388 e. The third-order valence-corrected chi connectivity index (χ3v) is 4.81. The molecule has 3 rings (SSSR count). The van der Waals surface area contributed by atoms with Crippen molar-refractivity contribution in [3.8, 4) is 0 Å². The number of aliphatic hydroxyl groups is 1. The fraction of sp³-hybridized carbons (Fsp3) is 0.269. The summed E-state index contributed by atoms with van der Waals surface area (Å²) in [6.45, 7) is 0.876. The third-order valence-electron chi connectivity index (χ3n) is 4.81. The summed E-state index contributed by atoms with van der Waals surface area (Å²) < 4.78 is 17.4. The number of aliphatic hydroxyl groups excluding tert-OH is 1. The van der Waals surface area contributed by atoms with Crippen LogP contribution in [0, 0.1) is 0 Å².